The molecule has 0 amide bonds. The quantitative estimate of drug-likeness (QED) is 0.561. The maximum atomic E-state index is 10.4. The Labute approximate surface area is 59.2 Å². The number of halogens is 1. The summed E-state index contributed by atoms with van der Waals surface area (Å²) in [5, 5.41) is 0. The highest BCUT2D eigenvalue weighted by atomic mass is 35.5. The fraction of sp³-hybridized carbons (Fsp3) is 0.667. The fourth-order valence-electron chi connectivity index (χ4n) is 0.382. The van der Waals surface area contributed by atoms with Crippen molar-refractivity contribution in [3.05, 3.63) is 0 Å². The van der Waals surface area contributed by atoms with E-state index in [1.807, 2.05) is 0 Å². The number of Topliss-reactive ketones (excluding diaryl/α,β-unsaturated/α-hetero) is 2. The summed E-state index contributed by atoms with van der Waals surface area (Å²) >= 11 is 5.17. The van der Waals surface area contributed by atoms with Crippen molar-refractivity contribution in [2.75, 3.05) is 5.88 Å². The lowest BCUT2D eigenvalue weighted by molar-refractivity contribution is -0.121. The predicted molar refractivity (Wildman–Crippen MR) is 35.6 cm³/mol. The highest BCUT2D eigenvalue weighted by molar-refractivity contribution is 6.27. The molecule has 9 heavy (non-hydrogen) atoms. The Morgan fingerprint density at radius 2 is 1.89 bits per heavy atom. The fourth-order valence-corrected chi connectivity index (χ4v) is 0.516. The van der Waals surface area contributed by atoms with Crippen molar-refractivity contribution in [1.29, 1.82) is 0 Å². The average molecular weight is 149 g/mol. The van der Waals surface area contributed by atoms with Crippen LogP contribution in [0.25, 0.3) is 0 Å². The number of rotatable bonds is 4. The van der Waals surface area contributed by atoms with Crippen molar-refractivity contribution in [3.63, 3.8) is 0 Å². The van der Waals surface area contributed by atoms with E-state index < -0.39 is 0 Å². The molecule has 0 N–H and O–H groups in total. The summed E-state index contributed by atoms with van der Waals surface area (Å²) < 4.78 is 0. The van der Waals surface area contributed by atoms with Crippen molar-refractivity contribution in [1.82, 2.24) is 0 Å². The van der Waals surface area contributed by atoms with Crippen LogP contribution >= 0.6 is 11.6 Å². The molecule has 0 aromatic carbocycles. The number of alkyl halides is 1. The second-order valence-electron chi connectivity index (χ2n) is 1.87. The molecule has 3 heteroatoms. The van der Waals surface area contributed by atoms with Gasteiger partial charge in [-0.3, -0.25) is 4.79 Å². The van der Waals surface area contributed by atoms with Gasteiger partial charge in [0.1, 0.15) is 11.6 Å². The zero-order chi connectivity index (χ0) is 7.28. The molecule has 0 bridgehead atoms. The van der Waals surface area contributed by atoms with Crippen LogP contribution in [0, 0.1) is 0 Å². The molecule has 0 aliphatic rings. The lowest BCUT2D eigenvalue weighted by atomic mass is 10.2. The van der Waals surface area contributed by atoms with E-state index in [0.717, 1.165) is 0 Å². The molecule has 0 aliphatic heterocycles. The van der Waals surface area contributed by atoms with Gasteiger partial charge in [0.05, 0.1) is 5.88 Å². The molecule has 0 atom stereocenters. The summed E-state index contributed by atoms with van der Waals surface area (Å²) in [6.45, 7) is 1.46. The van der Waals surface area contributed by atoms with Crippen molar-refractivity contribution in [3.8, 4) is 0 Å². The van der Waals surface area contributed by atoms with Crippen LogP contribution in [0.1, 0.15) is 19.8 Å². The Kier molecular flexibility index (Phi) is 4.32. The van der Waals surface area contributed by atoms with Gasteiger partial charge in [-0.2, -0.15) is 0 Å². The first kappa shape index (κ1) is 8.63. The number of carbonyl (C=O) groups excluding carboxylic acids is 2. The molecule has 0 spiro atoms. The standard InChI is InChI=1S/C6H9ClO2/c1-5(8)2-3-6(9)4-7/h2-4H2,1H3. The average Bonchev–Trinajstić information content (AvgIpc) is 1.83. The van der Waals surface area contributed by atoms with Gasteiger partial charge in [-0.15, -0.1) is 11.6 Å². The number of carbonyl (C=O) groups is 2. The summed E-state index contributed by atoms with van der Waals surface area (Å²) in [4.78, 5) is 20.7. The summed E-state index contributed by atoms with van der Waals surface area (Å²) in [5.41, 5.74) is 0. The van der Waals surface area contributed by atoms with Crippen LogP contribution in [0.4, 0.5) is 0 Å². The van der Waals surface area contributed by atoms with Crippen LogP contribution in [0.2, 0.25) is 0 Å². The van der Waals surface area contributed by atoms with Crippen LogP contribution in [0.5, 0.6) is 0 Å². The second-order valence-corrected chi connectivity index (χ2v) is 2.14. The van der Waals surface area contributed by atoms with E-state index >= 15 is 0 Å². The molecule has 0 fully saturated rings. The molecule has 0 radical (unpaired) electrons. The van der Waals surface area contributed by atoms with Gasteiger partial charge in [0.15, 0.2) is 0 Å². The number of hydrogen-bond acceptors (Lipinski definition) is 2. The van der Waals surface area contributed by atoms with Crippen LogP contribution in [0.15, 0.2) is 0 Å². The van der Waals surface area contributed by atoms with E-state index in [1.165, 1.54) is 6.92 Å². The normalized spacial score (nSPS) is 9.11. The zero-order valence-corrected chi connectivity index (χ0v) is 6.07. The van der Waals surface area contributed by atoms with Crippen LogP contribution in [-0.4, -0.2) is 17.4 Å². The number of ketones is 2. The van der Waals surface area contributed by atoms with E-state index in [1.54, 1.807) is 0 Å². The maximum Gasteiger partial charge on any atom is 0.148 e. The Morgan fingerprint density at radius 3 is 2.22 bits per heavy atom. The third-order valence-electron chi connectivity index (χ3n) is 0.905. The third-order valence-corrected chi connectivity index (χ3v) is 1.20. The predicted octanol–water partition coefficient (Wildman–Crippen LogP) is 1.16. The van der Waals surface area contributed by atoms with Gasteiger partial charge in [0.2, 0.25) is 0 Å². The van der Waals surface area contributed by atoms with Crippen LogP contribution < -0.4 is 0 Å². The topological polar surface area (TPSA) is 34.1 Å². The highest BCUT2D eigenvalue weighted by Crippen LogP contribution is 1.93. The smallest absolute Gasteiger partial charge is 0.148 e. The maximum absolute atomic E-state index is 10.4. The SMILES string of the molecule is CC(=O)CCC(=O)CCl. The Morgan fingerprint density at radius 1 is 1.33 bits per heavy atom. The van der Waals surface area contributed by atoms with Crippen molar-refractivity contribution in [2.45, 2.75) is 19.8 Å². The van der Waals surface area contributed by atoms with E-state index in [9.17, 15) is 9.59 Å². The molecule has 0 saturated heterocycles. The van der Waals surface area contributed by atoms with Gasteiger partial charge >= 0.3 is 0 Å². The molecule has 0 aliphatic carbocycles. The minimum Gasteiger partial charge on any atom is -0.300 e. The summed E-state index contributed by atoms with van der Waals surface area (Å²) in [6.07, 6.45) is 0.615. The van der Waals surface area contributed by atoms with E-state index in [-0.39, 0.29) is 17.4 Å². The Hall–Kier alpha value is -0.370. The molecular weight excluding hydrogens is 140 g/mol. The molecule has 0 unspecified atom stereocenters. The molecule has 0 saturated carbocycles. The van der Waals surface area contributed by atoms with E-state index in [4.69, 9.17) is 11.6 Å². The van der Waals surface area contributed by atoms with Gasteiger partial charge in [-0.25, -0.2) is 0 Å². The molecule has 0 rings (SSSR count). The first-order valence-electron chi connectivity index (χ1n) is 2.74. The Balaban J connectivity index is 3.28. The molecule has 52 valence electrons. The second kappa shape index (κ2) is 4.50. The van der Waals surface area contributed by atoms with Gasteiger partial charge in [-0.05, 0) is 6.92 Å². The molecule has 2 nitrogen and oxygen atoms in total. The first-order chi connectivity index (χ1) is 4.16. The van der Waals surface area contributed by atoms with Crippen molar-refractivity contribution in [2.24, 2.45) is 0 Å². The minimum atomic E-state index is -0.0631. The van der Waals surface area contributed by atoms with Gasteiger partial charge in [0, 0.05) is 12.8 Å². The summed E-state index contributed by atoms with van der Waals surface area (Å²) in [6, 6.07) is 0. The lowest BCUT2D eigenvalue weighted by Crippen LogP contribution is -2.01. The minimum absolute atomic E-state index is 0.0211. The van der Waals surface area contributed by atoms with Crippen LogP contribution in [-0.2, 0) is 9.59 Å². The first-order valence-corrected chi connectivity index (χ1v) is 3.27. The highest BCUT2D eigenvalue weighted by Gasteiger charge is 2.00. The summed E-state index contributed by atoms with van der Waals surface area (Å²) in [5.74, 6) is -0.00636. The van der Waals surface area contributed by atoms with Crippen molar-refractivity contribution < 1.29 is 9.59 Å². The molecule has 0 heterocycles. The monoisotopic (exact) mass is 148 g/mol. The largest absolute Gasteiger partial charge is 0.300 e. The molecule has 0 aromatic rings. The van der Waals surface area contributed by atoms with Crippen molar-refractivity contribution >= 4 is 23.2 Å². The van der Waals surface area contributed by atoms with Crippen LogP contribution in [0.3, 0.4) is 0 Å². The van der Waals surface area contributed by atoms with Gasteiger partial charge in [0.25, 0.3) is 0 Å². The Bertz CT molecular complexity index is 120. The van der Waals surface area contributed by atoms with Gasteiger partial charge < -0.3 is 4.79 Å². The van der Waals surface area contributed by atoms with Gasteiger partial charge in [-0.1, -0.05) is 0 Å². The molecular formula is C6H9ClO2. The lowest BCUT2D eigenvalue weighted by Gasteiger charge is -1.90. The van der Waals surface area contributed by atoms with E-state index in [0.29, 0.717) is 12.8 Å². The third kappa shape index (κ3) is 5.50. The zero-order valence-electron chi connectivity index (χ0n) is 5.32. The summed E-state index contributed by atoms with van der Waals surface area (Å²) in [7, 11) is 0. The number of hydrogen-bond donors (Lipinski definition) is 0. The van der Waals surface area contributed by atoms with E-state index in [2.05, 4.69) is 0 Å². The molecule has 0 aromatic heterocycles.